The molecule has 6 nitrogen and oxygen atoms in total. The van der Waals surface area contributed by atoms with Gasteiger partial charge in [-0.1, -0.05) is 18.2 Å². The Morgan fingerprint density at radius 3 is 2.61 bits per heavy atom. The minimum absolute atomic E-state index is 0.00691. The summed E-state index contributed by atoms with van der Waals surface area (Å²) < 4.78 is 34.9. The van der Waals surface area contributed by atoms with E-state index in [1.54, 1.807) is 25.1 Å². The van der Waals surface area contributed by atoms with Gasteiger partial charge in [0.15, 0.2) is 15.6 Å². The highest BCUT2D eigenvalue weighted by molar-refractivity contribution is 7.90. The molecule has 0 aliphatic carbocycles. The van der Waals surface area contributed by atoms with Crippen molar-refractivity contribution in [3.8, 4) is 0 Å². The van der Waals surface area contributed by atoms with Gasteiger partial charge in [-0.15, -0.1) is 0 Å². The number of sulfone groups is 1. The number of carbonyl (C=O) groups is 1. The average Bonchev–Trinajstić information content (AvgIpc) is 2.96. The van der Waals surface area contributed by atoms with Gasteiger partial charge in [0.05, 0.1) is 23.5 Å². The highest BCUT2D eigenvalue weighted by Gasteiger charge is 2.23. The van der Waals surface area contributed by atoms with Crippen LogP contribution in [0.4, 0.5) is 0 Å². The van der Waals surface area contributed by atoms with E-state index in [9.17, 15) is 13.2 Å². The number of nitrogens with one attached hydrogen (secondary N) is 1. The number of ether oxygens (including phenoxy) is 1. The molecule has 0 spiro atoms. The summed E-state index contributed by atoms with van der Waals surface area (Å²) >= 11 is 0. The van der Waals surface area contributed by atoms with Crippen LogP contribution in [0.3, 0.4) is 0 Å². The summed E-state index contributed by atoms with van der Waals surface area (Å²) in [5, 5.41) is 2.70. The molecule has 7 heteroatoms. The average molecular weight is 337 g/mol. The molecule has 23 heavy (non-hydrogen) atoms. The Kier molecular flexibility index (Phi) is 5.57. The summed E-state index contributed by atoms with van der Waals surface area (Å²) in [6.07, 6.45) is 1.31. The zero-order chi connectivity index (χ0) is 16.9. The molecule has 1 heterocycles. The van der Waals surface area contributed by atoms with Crippen LogP contribution in [0.2, 0.25) is 0 Å². The first kappa shape index (κ1) is 17.2. The monoisotopic (exact) mass is 337 g/mol. The van der Waals surface area contributed by atoms with Gasteiger partial charge in [-0.3, -0.25) is 4.79 Å². The third-order valence-electron chi connectivity index (χ3n) is 3.20. The zero-order valence-electron chi connectivity index (χ0n) is 13.0. The minimum Gasteiger partial charge on any atom is -0.459 e. The summed E-state index contributed by atoms with van der Waals surface area (Å²) in [5.41, 5.74) is 0.330. The van der Waals surface area contributed by atoms with E-state index in [1.165, 1.54) is 31.6 Å². The molecule has 124 valence electrons. The van der Waals surface area contributed by atoms with E-state index in [4.69, 9.17) is 9.15 Å². The van der Waals surface area contributed by atoms with Crippen molar-refractivity contribution in [2.45, 2.75) is 23.6 Å². The normalized spacial score (nSPS) is 12.8. The lowest BCUT2D eigenvalue weighted by Crippen LogP contribution is -2.35. The molecule has 0 aliphatic rings. The summed E-state index contributed by atoms with van der Waals surface area (Å²) in [5.74, 6) is -0.750. The Hall–Kier alpha value is -2.12. The maximum absolute atomic E-state index is 12.4. The molecule has 2 rings (SSSR count). The SMILES string of the molecule is COCC(C)NC(=O)c1occc1CS(=O)(=O)c1ccccc1. The predicted octanol–water partition coefficient (Wildman–Crippen LogP) is 2.02. The first-order valence-electron chi connectivity index (χ1n) is 7.08. The van der Waals surface area contributed by atoms with Gasteiger partial charge in [-0.05, 0) is 25.1 Å². The Balaban J connectivity index is 2.17. The van der Waals surface area contributed by atoms with E-state index in [1.807, 2.05) is 0 Å². The number of hydrogen-bond acceptors (Lipinski definition) is 5. The molecule has 0 saturated carbocycles. The van der Waals surface area contributed by atoms with Gasteiger partial charge < -0.3 is 14.5 Å². The van der Waals surface area contributed by atoms with Crippen molar-refractivity contribution in [1.82, 2.24) is 5.32 Å². The van der Waals surface area contributed by atoms with E-state index in [2.05, 4.69) is 5.32 Å². The Labute approximate surface area is 135 Å². The summed E-state index contributed by atoms with van der Waals surface area (Å²) in [7, 11) is -2.01. The zero-order valence-corrected chi connectivity index (χ0v) is 13.8. The van der Waals surface area contributed by atoms with Gasteiger partial charge in [0.25, 0.3) is 5.91 Å². The van der Waals surface area contributed by atoms with Crippen molar-refractivity contribution < 1.29 is 22.4 Å². The highest BCUT2D eigenvalue weighted by atomic mass is 32.2. The molecule has 0 saturated heterocycles. The largest absolute Gasteiger partial charge is 0.459 e. The quantitative estimate of drug-likeness (QED) is 0.835. The van der Waals surface area contributed by atoms with Crippen LogP contribution in [0, 0.1) is 0 Å². The molecule has 0 aliphatic heterocycles. The van der Waals surface area contributed by atoms with Crippen LogP contribution >= 0.6 is 0 Å². The molecule has 1 amide bonds. The molecule has 1 atom stereocenters. The van der Waals surface area contributed by atoms with E-state index in [-0.39, 0.29) is 22.5 Å². The van der Waals surface area contributed by atoms with Crippen molar-refractivity contribution in [3.05, 3.63) is 54.0 Å². The second kappa shape index (κ2) is 7.43. The maximum atomic E-state index is 12.4. The van der Waals surface area contributed by atoms with Crippen LogP contribution in [-0.2, 0) is 20.3 Å². The minimum atomic E-state index is -3.54. The van der Waals surface area contributed by atoms with Crippen LogP contribution in [0.5, 0.6) is 0 Å². The number of methoxy groups -OCH3 is 1. The molecule has 0 bridgehead atoms. The fourth-order valence-corrected chi connectivity index (χ4v) is 3.52. The number of amides is 1. The molecule has 2 aromatic rings. The summed E-state index contributed by atoms with van der Waals surface area (Å²) in [4.78, 5) is 12.4. The van der Waals surface area contributed by atoms with E-state index < -0.39 is 15.7 Å². The van der Waals surface area contributed by atoms with Crippen LogP contribution in [-0.4, -0.2) is 34.1 Å². The first-order valence-corrected chi connectivity index (χ1v) is 8.73. The van der Waals surface area contributed by atoms with E-state index in [0.29, 0.717) is 12.2 Å². The Morgan fingerprint density at radius 1 is 1.26 bits per heavy atom. The standard InChI is InChI=1S/C16H19NO5S/c1-12(10-21-2)17-16(18)15-13(8-9-22-15)11-23(19,20)14-6-4-3-5-7-14/h3-9,12H,10-11H2,1-2H3,(H,17,18). The van der Waals surface area contributed by atoms with Crippen molar-refractivity contribution >= 4 is 15.7 Å². The lowest BCUT2D eigenvalue weighted by Gasteiger charge is -2.12. The number of hydrogen-bond donors (Lipinski definition) is 1. The number of carbonyl (C=O) groups excluding carboxylic acids is 1. The second-order valence-corrected chi connectivity index (χ2v) is 7.17. The van der Waals surface area contributed by atoms with Gasteiger partial charge in [0.1, 0.15) is 0 Å². The molecular formula is C16H19NO5S. The lowest BCUT2D eigenvalue weighted by molar-refractivity contribution is 0.0877. The van der Waals surface area contributed by atoms with Crippen molar-refractivity contribution in [2.24, 2.45) is 0 Å². The second-order valence-electron chi connectivity index (χ2n) is 5.18. The van der Waals surface area contributed by atoms with Crippen LogP contribution < -0.4 is 5.32 Å². The molecule has 0 fully saturated rings. The van der Waals surface area contributed by atoms with Gasteiger partial charge in [-0.2, -0.15) is 0 Å². The van der Waals surface area contributed by atoms with Crippen molar-refractivity contribution in [3.63, 3.8) is 0 Å². The van der Waals surface area contributed by atoms with Gasteiger partial charge >= 0.3 is 0 Å². The fourth-order valence-electron chi connectivity index (χ4n) is 2.15. The van der Waals surface area contributed by atoms with Crippen molar-refractivity contribution in [2.75, 3.05) is 13.7 Å². The smallest absolute Gasteiger partial charge is 0.287 e. The Bertz CT molecular complexity index is 752. The summed E-state index contributed by atoms with van der Waals surface area (Å²) in [6, 6.07) is 9.38. The lowest BCUT2D eigenvalue weighted by atomic mass is 10.2. The number of rotatable bonds is 7. The number of benzene rings is 1. The van der Waals surface area contributed by atoms with Gasteiger partial charge in [0, 0.05) is 18.7 Å². The molecule has 1 N–H and O–H groups in total. The van der Waals surface area contributed by atoms with E-state index in [0.717, 1.165) is 0 Å². The molecule has 0 radical (unpaired) electrons. The third-order valence-corrected chi connectivity index (χ3v) is 4.88. The topological polar surface area (TPSA) is 85.6 Å². The van der Waals surface area contributed by atoms with Crippen molar-refractivity contribution in [1.29, 1.82) is 0 Å². The fraction of sp³-hybridized carbons (Fsp3) is 0.312. The number of furan rings is 1. The van der Waals surface area contributed by atoms with Crippen LogP contribution in [0.15, 0.2) is 52.0 Å². The van der Waals surface area contributed by atoms with Crippen LogP contribution in [0.25, 0.3) is 0 Å². The Morgan fingerprint density at radius 2 is 1.96 bits per heavy atom. The summed E-state index contributed by atoms with van der Waals surface area (Å²) in [6.45, 7) is 2.13. The highest BCUT2D eigenvalue weighted by Crippen LogP contribution is 2.20. The van der Waals surface area contributed by atoms with E-state index >= 15 is 0 Å². The van der Waals surface area contributed by atoms with Gasteiger partial charge in [-0.25, -0.2) is 8.42 Å². The van der Waals surface area contributed by atoms with Crippen LogP contribution in [0.1, 0.15) is 23.0 Å². The molecule has 1 unspecified atom stereocenters. The molecular weight excluding hydrogens is 318 g/mol. The predicted molar refractivity (Wildman–Crippen MR) is 84.8 cm³/mol. The third kappa shape index (κ3) is 4.43. The first-order chi connectivity index (χ1) is 10.9. The maximum Gasteiger partial charge on any atom is 0.287 e. The van der Waals surface area contributed by atoms with Gasteiger partial charge in [0.2, 0.25) is 0 Å². The molecule has 1 aromatic heterocycles. The molecule has 1 aromatic carbocycles.